The fraction of sp³-hybridized carbons (Fsp3) is 0.625. The maximum atomic E-state index is 5.48. The molecule has 1 aromatic carbocycles. The Hall–Kier alpha value is -1.06. The molecule has 0 saturated heterocycles. The molecule has 1 aromatic rings. The largest absolute Gasteiger partial charge is 0.496 e. The van der Waals surface area contributed by atoms with Crippen LogP contribution in [0.25, 0.3) is 0 Å². The number of unbranched alkanes of at least 4 members (excludes halogenated alkanes) is 1. The monoisotopic (exact) mass is 264 g/mol. The van der Waals surface area contributed by atoms with Gasteiger partial charge in [0, 0.05) is 18.7 Å². The Bertz CT molecular complexity index is 366. The highest BCUT2D eigenvalue weighted by atomic mass is 16.5. The van der Waals surface area contributed by atoms with Crippen molar-refractivity contribution < 1.29 is 4.74 Å². The van der Waals surface area contributed by atoms with Gasteiger partial charge in [-0.25, -0.2) is 0 Å². The molecule has 0 unspecified atom stereocenters. The molecule has 0 spiro atoms. The van der Waals surface area contributed by atoms with Gasteiger partial charge in [0.15, 0.2) is 0 Å². The third-order valence-corrected chi connectivity index (χ3v) is 3.39. The lowest BCUT2D eigenvalue weighted by atomic mass is 10.1. The molecule has 0 aromatic heterocycles. The lowest BCUT2D eigenvalue weighted by molar-refractivity contribution is 0.270. The minimum Gasteiger partial charge on any atom is -0.496 e. The number of benzene rings is 1. The summed E-state index contributed by atoms with van der Waals surface area (Å²) in [6.45, 7) is 8.57. The number of hydrogen-bond acceptors (Lipinski definition) is 3. The second-order valence-electron chi connectivity index (χ2n) is 4.90. The maximum Gasteiger partial charge on any atom is 0.123 e. The molecule has 1 rings (SSSR count). The topological polar surface area (TPSA) is 24.5 Å². The van der Waals surface area contributed by atoms with Crippen LogP contribution in [0.1, 0.15) is 37.8 Å². The van der Waals surface area contributed by atoms with Crippen LogP contribution in [-0.2, 0) is 13.1 Å². The Morgan fingerprint density at radius 1 is 1.26 bits per heavy atom. The average molecular weight is 264 g/mol. The normalized spacial score (nSPS) is 11.0. The molecule has 0 aliphatic heterocycles. The van der Waals surface area contributed by atoms with E-state index in [-0.39, 0.29) is 0 Å². The Morgan fingerprint density at radius 2 is 2.05 bits per heavy atom. The summed E-state index contributed by atoms with van der Waals surface area (Å²) in [5.41, 5.74) is 2.60. The molecule has 1 N–H and O–H groups in total. The fourth-order valence-electron chi connectivity index (χ4n) is 2.24. The minimum absolute atomic E-state index is 0.901. The number of ether oxygens (including phenoxy) is 1. The lowest BCUT2D eigenvalue weighted by Gasteiger charge is -2.22. The van der Waals surface area contributed by atoms with Crippen molar-refractivity contribution in [3.05, 3.63) is 29.3 Å². The van der Waals surface area contributed by atoms with Crippen LogP contribution in [-0.4, -0.2) is 32.1 Å². The first-order chi connectivity index (χ1) is 9.24. The van der Waals surface area contributed by atoms with Crippen LogP contribution in [0.4, 0.5) is 0 Å². The molecular weight excluding hydrogens is 236 g/mol. The summed E-state index contributed by atoms with van der Waals surface area (Å²) in [5.74, 6) is 0.995. The highest BCUT2D eigenvalue weighted by Gasteiger charge is 2.09. The molecule has 108 valence electrons. The second kappa shape index (κ2) is 8.94. The van der Waals surface area contributed by atoms with Gasteiger partial charge in [0.2, 0.25) is 0 Å². The van der Waals surface area contributed by atoms with Gasteiger partial charge < -0.3 is 10.1 Å². The predicted molar refractivity (Wildman–Crippen MR) is 81.6 cm³/mol. The molecule has 0 atom stereocenters. The Morgan fingerprint density at radius 3 is 2.63 bits per heavy atom. The fourth-order valence-corrected chi connectivity index (χ4v) is 2.24. The molecule has 0 fully saturated rings. The van der Waals surface area contributed by atoms with Crippen molar-refractivity contribution in [3.8, 4) is 5.75 Å². The molecule has 0 bridgehead atoms. The third-order valence-electron chi connectivity index (χ3n) is 3.39. The average Bonchev–Trinajstić information content (AvgIpc) is 2.44. The van der Waals surface area contributed by atoms with Crippen LogP contribution in [0.5, 0.6) is 5.75 Å². The maximum absolute atomic E-state index is 5.48. The first kappa shape index (κ1) is 16.0. The summed E-state index contributed by atoms with van der Waals surface area (Å²) in [4.78, 5) is 2.48. The van der Waals surface area contributed by atoms with Crippen molar-refractivity contribution in [2.24, 2.45) is 0 Å². The standard InChI is InChI=1S/C16H28N2O/c1-5-7-10-18(6-2)13-15-11-14(12-17-3)8-9-16(15)19-4/h8-9,11,17H,5-7,10,12-13H2,1-4H3. The zero-order valence-electron chi connectivity index (χ0n) is 12.8. The summed E-state index contributed by atoms with van der Waals surface area (Å²) >= 11 is 0. The first-order valence-corrected chi connectivity index (χ1v) is 7.27. The van der Waals surface area contributed by atoms with E-state index in [4.69, 9.17) is 4.74 Å². The summed E-state index contributed by atoms with van der Waals surface area (Å²) in [6.07, 6.45) is 2.50. The third kappa shape index (κ3) is 5.21. The molecule has 0 aliphatic carbocycles. The highest BCUT2D eigenvalue weighted by molar-refractivity contribution is 5.37. The Kier molecular flexibility index (Phi) is 7.53. The van der Waals surface area contributed by atoms with Gasteiger partial charge in [0.1, 0.15) is 5.75 Å². The molecule has 0 aliphatic rings. The van der Waals surface area contributed by atoms with Crippen molar-refractivity contribution in [2.45, 2.75) is 39.8 Å². The SMILES string of the molecule is CCCCN(CC)Cc1cc(CNC)ccc1OC. The summed E-state index contributed by atoms with van der Waals surface area (Å²) in [6, 6.07) is 6.46. The second-order valence-corrected chi connectivity index (χ2v) is 4.90. The molecular formula is C16H28N2O. The van der Waals surface area contributed by atoms with Gasteiger partial charge in [-0.1, -0.05) is 26.3 Å². The number of hydrogen-bond donors (Lipinski definition) is 1. The van der Waals surface area contributed by atoms with Crippen LogP contribution in [0.3, 0.4) is 0 Å². The molecule has 0 radical (unpaired) electrons. The summed E-state index contributed by atoms with van der Waals surface area (Å²) in [7, 11) is 3.72. The van der Waals surface area contributed by atoms with E-state index in [1.54, 1.807) is 7.11 Å². The molecule has 19 heavy (non-hydrogen) atoms. The van der Waals surface area contributed by atoms with Crippen molar-refractivity contribution in [3.63, 3.8) is 0 Å². The van der Waals surface area contributed by atoms with Gasteiger partial charge in [0.25, 0.3) is 0 Å². The van der Waals surface area contributed by atoms with E-state index in [1.807, 2.05) is 7.05 Å². The van der Waals surface area contributed by atoms with Crippen molar-refractivity contribution in [1.82, 2.24) is 10.2 Å². The van der Waals surface area contributed by atoms with Gasteiger partial charge in [-0.15, -0.1) is 0 Å². The van der Waals surface area contributed by atoms with Gasteiger partial charge in [-0.05, 0) is 44.3 Å². The number of nitrogens with one attached hydrogen (secondary N) is 1. The van der Waals surface area contributed by atoms with Gasteiger partial charge >= 0.3 is 0 Å². The summed E-state index contributed by atoms with van der Waals surface area (Å²) in [5, 5.41) is 3.20. The van der Waals surface area contributed by atoms with Crippen LogP contribution in [0.2, 0.25) is 0 Å². The molecule has 0 saturated carbocycles. The lowest BCUT2D eigenvalue weighted by Crippen LogP contribution is -2.24. The van der Waals surface area contributed by atoms with Crippen LogP contribution < -0.4 is 10.1 Å². The van der Waals surface area contributed by atoms with Crippen molar-refractivity contribution in [2.75, 3.05) is 27.2 Å². The molecule has 3 heteroatoms. The van der Waals surface area contributed by atoms with Crippen LogP contribution in [0, 0.1) is 0 Å². The smallest absolute Gasteiger partial charge is 0.123 e. The Labute approximate surface area is 118 Å². The van der Waals surface area contributed by atoms with E-state index in [9.17, 15) is 0 Å². The number of nitrogens with zero attached hydrogens (tertiary/aromatic N) is 1. The van der Waals surface area contributed by atoms with E-state index in [0.717, 1.165) is 31.9 Å². The zero-order chi connectivity index (χ0) is 14.1. The zero-order valence-corrected chi connectivity index (χ0v) is 12.8. The van der Waals surface area contributed by atoms with E-state index in [0.29, 0.717) is 0 Å². The van der Waals surface area contributed by atoms with Crippen LogP contribution in [0.15, 0.2) is 18.2 Å². The molecule has 3 nitrogen and oxygen atoms in total. The minimum atomic E-state index is 0.901. The van der Waals surface area contributed by atoms with E-state index in [2.05, 4.69) is 42.3 Å². The quantitative estimate of drug-likeness (QED) is 0.742. The molecule has 0 amide bonds. The number of methoxy groups -OCH3 is 1. The van der Waals surface area contributed by atoms with E-state index < -0.39 is 0 Å². The van der Waals surface area contributed by atoms with E-state index in [1.165, 1.54) is 24.0 Å². The predicted octanol–water partition coefficient (Wildman–Crippen LogP) is 3.04. The van der Waals surface area contributed by atoms with Gasteiger partial charge in [-0.2, -0.15) is 0 Å². The Balaban J connectivity index is 2.79. The molecule has 0 heterocycles. The van der Waals surface area contributed by atoms with Gasteiger partial charge in [-0.3, -0.25) is 4.90 Å². The van der Waals surface area contributed by atoms with Crippen LogP contribution >= 0.6 is 0 Å². The highest BCUT2D eigenvalue weighted by Crippen LogP contribution is 2.22. The number of rotatable bonds is 9. The van der Waals surface area contributed by atoms with Gasteiger partial charge in [0.05, 0.1) is 7.11 Å². The first-order valence-electron chi connectivity index (χ1n) is 7.27. The van der Waals surface area contributed by atoms with E-state index >= 15 is 0 Å². The van der Waals surface area contributed by atoms with Crippen molar-refractivity contribution in [1.29, 1.82) is 0 Å². The summed E-state index contributed by atoms with van der Waals surface area (Å²) < 4.78 is 5.48. The van der Waals surface area contributed by atoms with Crippen molar-refractivity contribution >= 4 is 0 Å².